The van der Waals surface area contributed by atoms with Crippen LogP contribution in [0, 0.1) is 6.92 Å². The molecular weight excluding hydrogens is 390 g/mol. The minimum atomic E-state index is -0.506. The Kier molecular flexibility index (Phi) is 5.58. The van der Waals surface area contributed by atoms with Crippen molar-refractivity contribution in [1.29, 1.82) is 0 Å². The van der Waals surface area contributed by atoms with Crippen LogP contribution in [0.1, 0.15) is 24.4 Å². The number of nitrogens with two attached hydrogens (primary N) is 1. The van der Waals surface area contributed by atoms with Gasteiger partial charge in [0, 0.05) is 24.0 Å². The lowest BCUT2D eigenvalue weighted by Crippen LogP contribution is -2.20. The van der Waals surface area contributed by atoms with Gasteiger partial charge in [0.25, 0.3) is 5.91 Å². The fourth-order valence-electron chi connectivity index (χ4n) is 3.64. The van der Waals surface area contributed by atoms with Gasteiger partial charge >= 0.3 is 0 Å². The van der Waals surface area contributed by atoms with E-state index in [4.69, 9.17) is 10.5 Å². The van der Waals surface area contributed by atoms with Crippen molar-refractivity contribution < 1.29 is 9.53 Å². The van der Waals surface area contributed by atoms with Crippen LogP contribution in [0.4, 0.5) is 5.82 Å². The summed E-state index contributed by atoms with van der Waals surface area (Å²) in [4.78, 5) is 20.2. The highest BCUT2D eigenvalue weighted by molar-refractivity contribution is 5.86. The Labute approximate surface area is 180 Å². The second-order valence-electron chi connectivity index (χ2n) is 7.53. The van der Waals surface area contributed by atoms with Gasteiger partial charge in [0.1, 0.15) is 17.4 Å². The molecule has 0 aliphatic rings. The average molecular weight is 415 g/mol. The number of nitrogens with zero attached hydrogens (tertiary/aromatic N) is 3. The Morgan fingerprint density at radius 3 is 2.71 bits per heavy atom. The van der Waals surface area contributed by atoms with Gasteiger partial charge in [0.2, 0.25) is 0 Å². The lowest BCUT2D eigenvalue weighted by atomic mass is 10.1. The van der Waals surface area contributed by atoms with E-state index in [0.29, 0.717) is 11.6 Å². The zero-order valence-electron chi connectivity index (χ0n) is 17.8. The van der Waals surface area contributed by atoms with Gasteiger partial charge in [-0.05, 0) is 43.7 Å². The summed E-state index contributed by atoms with van der Waals surface area (Å²) in [7, 11) is 2.04. The second-order valence-corrected chi connectivity index (χ2v) is 7.53. The number of fused-ring (bicyclic) bond motifs is 1. The van der Waals surface area contributed by atoms with Gasteiger partial charge in [0.15, 0.2) is 6.61 Å². The van der Waals surface area contributed by atoms with Gasteiger partial charge in [-0.15, -0.1) is 0 Å². The van der Waals surface area contributed by atoms with Gasteiger partial charge in [-0.2, -0.15) is 0 Å². The molecule has 7 nitrogen and oxygen atoms in total. The first kappa shape index (κ1) is 20.4. The van der Waals surface area contributed by atoms with E-state index in [1.54, 1.807) is 6.07 Å². The second kappa shape index (κ2) is 8.47. The normalized spacial score (nSPS) is 12.0. The van der Waals surface area contributed by atoms with Crippen LogP contribution in [0.15, 0.2) is 60.7 Å². The highest BCUT2D eigenvalue weighted by Crippen LogP contribution is 2.28. The van der Waals surface area contributed by atoms with Crippen LogP contribution in [0.3, 0.4) is 0 Å². The van der Waals surface area contributed by atoms with Crippen molar-refractivity contribution in [2.45, 2.75) is 19.9 Å². The molecule has 2 aromatic carbocycles. The van der Waals surface area contributed by atoms with Gasteiger partial charge in [-0.25, -0.2) is 9.97 Å². The standard InChI is InChI=1S/C24H25N5O2/c1-15(17-8-6-9-19(11-17)31-14-23(25)30)26-24-13-20(27-16(2)28-24)22-12-18-7-4-5-10-21(18)29(22)3/h4-13,15H,14H2,1-3H3,(H2,25,30)(H,26,27,28). The third-order valence-electron chi connectivity index (χ3n) is 5.16. The SMILES string of the molecule is Cc1nc(NC(C)c2cccc(OCC(N)=O)c2)cc(-c2cc3ccccc3n2C)n1. The van der Waals surface area contributed by atoms with E-state index >= 15 is 0 Å². The molecule has 1 atom stereocenters. The number of para-hydroxylation sites is 1. The molecule has 4 rings (SSSR count). The summed E-state index contributed by atoms with van der Waals surface area (Å²) in [6.07, 6.45) is 0. The third-order valence-corrected chi connectivity index (χ3v) is 5.16. The Hall–Kier alpha value is -3.87. The smallest absolute Gasteiger partial charge is 0.255 e. The lowest BCUT2D eigenvalue weighted by Gasteiger charge is -2.17. The van der Waals surface area contributed by atoms with Crippen LogP contribution in [-0.4, -0.2) is 27.0 Å². The van der Waals surface area contributed by atoms with E-state index in [9.17, 15) is 4.79 Å². The molecule has 4 aromatic rings. The zero-order valence-corrected chi connectivity index (χ0v) is 17.8. The molecule has 0 saturated heterocycles. The van der Waals surface area contributed by atoms with Crippen LogP contribution < -0.4 is 15.8 Å². The molecule has 0 radical (unpaired) electrons. The van der Waals surface area contributed by atoms with E-state index in [-0.39, 0.29) is 12.6 Å². The molecule has 3 N–H and O–H groups in total. The average Bonchev–Trinajstić information content (AvgIpc) is 3.09. The number of carbonyl (C=O) groups excluding carboxylic acids is 1. The van der Waals surface area contributed by atoms with Crippen molar-refractivity contribution in [3.8, 4) is 17.1 Å². The van der Waals surface area contributed by atoms with E-state index in [2.05, 4.69) is 38.1 Å². The summed E-state index contributed by atoms with van der Waals surface area (Å²) in [5.41, 5.74) is 9.21. The first-order valence-corrected chi connectivity index (χ1v) is 10.1. The predicted molar refractivity (Wildman–Crippen MR) is 122 cm³/mol. The Balaban J connectivity index is 1.59. The maximum absolute atomic E-state index is 11.0. The molecule has 1 unspecified atom stereocenters. The summed E-state index contributed by atoms with van der Waals surface area (Å²) in [5, 5.41) is 4.62. The maximum atomic E-state index is 11.0. The molecule has 1 amide bonds. The molecule has 158 valence electrons. The van der Waals surface area contributed by atoms with Crippen LogP contribution >= 0.6 is 0 Å². The minimum Gasteiger partial charge on any atom is -0.484 e. The number of aryl methyl sites for hydroxylation is 2. The minimum absolute atomic E-state index is 0.0354. The predicted octanol–water partition coefficient (Wildman–Crippen LogP) is 3.98. The molecule has 0 aliphatic carbocycles. The van der Waals surface area contributed by atoms with E-state index in [1.807, 2.05) is 57.3 Å². The number of anilines is 1. The molecule has 31 heavy (non-hydrogen) atoms. The molecule has 0 aliphatic heterocycles. The molecule has 7 heteroatoms. The van der Waals surface area contributed by atoms with Crippen LogP contribution in [0.2, 0.25) is 0 Å². The number of hydrogen-bond acceptors (Lipinski definition) is 5. The van der Waals surface area contributed by atoms with E-state index in [0.717, 1.165) is 28.3 Å². The number of ether oxygens (including phenoxy) is 1. The molecule has 2 heterocycles. The Bertz CT molecular complexity index is 1250. The number of rotatable bonds is 7. The summed E-state index contributed by atoms with van der Waals surface area (Å²) < 4.78 is 7.56. The highest BCUT2D eigenvalue weighted by Gasteiger charge is 2.13. The number of amides is 1. The van der Waals surface area contributed by atoms with Crippen molar-refractivity contribution >= 4 is 22.6 Å². The molecule has 0 spiro atoms. The van der Waals surface area contributed by atoms with Crippen molar-refractivity contribution in [3.05, 3.63) is 72.1 Å². The Morgan fingerprint density at radius 1 is 1.13 bits per heavy atom. The number of benzene rings is 2. The summed E-state index contributed by atoms with van der Waals surface area (Å²) in [5.74, 6) is 1.52. The van der Waals surface area contributed by atoms with Crippen LogP contribution in [-0.2, 0) is 11.8 Å². The van der Waals surface area contributed by atoms with Gasteiger partial charge < -0.3 is 20.4 Å². The zero-order chi connectivity index (χ0) is 22.0. The number of aromatic nitrogens is 3. The van der Waals surface area contributed by atoms with Gasteiger partial charge in [-0.1, -0.05) is 30.3 Å². The van der Waals surface area contributed by atoms with Crippen LogP contribution in [0.25, 0.3) is 22.3 Å². The fourth-order valence-corrected chi connectivity index (χ4v) is 3.64. The molecule has 0 bridgehead atoms. The van der Waals surface area contributed by atoms with Crippen molar-refractivity contribution in [2.75, 3.05) is 11.9 Å². The first-order valence-electron chi connectivity index (χ1n) is 10.1. The number of primary amides is 1. The third kappa shape index (κ3) is 4.50. The Morgan fingerprint density at radius 2 is 1.94 bits per heavy atom. The lowest BCUT2D eigenvalue weighted by molar-refractivity contribution is -0.119. The van der Waals surface area contributed by atoms with E-state index < -0.39 is 5.91 Å². The molecule has 2 aromatic heterocycles. The quantitative estimate of drug-likeness (QED) is 0.476. The fraction of sp³-hybridized carbons (Fsp3) is 0.208. The molecule has 0 saturated carbocycles. The maximum Gasteiger partial charge on any atom is 0.255 e. The first-order chi connectivity index (χ1) is 14.9. The highest BCUT2D eigenvalue weighted by atomic mass is 16.5. The number of hydrogen-bond donors (Lipinski definition) is 2. The molecular formula is C24H25N5O2. The topological polar surface area (TPSA) is 95.1 Å². The van der Waals surface area contributed by atoms with Crippen molar-refractivity contribution in [1.82, 2.24) is 14.5 Å². The monoisotopic (exact) mass is 415 g/mol. The summed E-state index contributed by atoms with van der Waals surface area (Å²) >= 11 is 0. The molecule has 0 fully saturated rings. The van der Waals surface area contributed by atoms with Gasteiger partial charge in [-0.3, -0.25) is 4.79 Å². The van der Waals surface area contributed by atoms with Gasteiger partial charge in [0.05, 0.1) is 17.4 Å². The number of carbonyl (C=O) groups is 1. The van der Waals surface area contributed by atoms with Crippen LogP contribution in [0.5, 0.6) is 5.75 Å². The largest absolute Gasteiger partial charge is 0.484 e. The van der Waals surface area contributed by atoms with Crippen molar-refractivity contribution in [3.63, 3.8) is 0 Å². The summed E-state index contributed by atoms with van der Waals surface area (Å²) in [6.45, 7) is 3.78. The summed E-state index contributed by atoms with van der Waals surface area (Å²) in [6, 6.07) is 19.9. The van der Waals surface area contributed by atoms with E-state index in [1.165, 1.54) is 5.39 Å². The van der Waals surface area contributed by atoms with Crippen molar-refractivity contribution in [2.24, 2.45) is 12.8 Å². The number of nitrogens with one attached hydrogen (secondary N) is 1.